The van der Waals surface area contributed by atoms with Crippen molar-refractivity contribution in [1.82, 2.24) is 10.3 Å². The van der Waals surface area contributed by atoms with E-state index in [4.69, 9.17) is 0 Å². The quantitative estimate of drug-likeness (QED) is 0.853. The molecule has 1 aromatic rings. The third-order valence-electron chi connectivity index (χ3n) is 3.22. The van der Waals surface area contributed by atoms with Crippen LogP contribution < -0.4 is 5.32 Å². The lowest BCUT2D eigenvalue weighted by molar-refractivity contribution is 0.372. The van der Waals surface area contributed by atoms with Crippen molar-refractivity contribution in [3.8, 4) is 0 Å². The summed E-state index contributed by atoms with van der Waals surface area (Å²) in [5.41, 5.74) is 1.19. The van der Waals surface area contributed by atoms with Crippen LogP contribution in [0.1, 0.15) is 47.7 Å². The number of thiazole rings is 1. The maximum absolute atomic E-state index is 4.55. The molecule has 0 aromatic carbocycles. The molecule has 1 heterocycles. The molecule has 1 aliphatic carbocycles. The summed E-state index contributed by atoms with van der Waals surface area (Å²) in [6, 6.07) is 0.739. The minimum Gasteiger partial charge on any atom is -0.308 e. The zero-order chi connectivity index (χ0) is 10.7. The zero-order valence-electron chi connectivity index (χ0n) is 9.68. The smallest absolute Gasteiger partial charge is 0.107 e. The van der Waals surface area contributed by atoms with Gasteiger partial charge in [0.1, 0.15) is 5.01 Å². The van der Waals surface area contributed by atoms with E-state index in [1.165, 1.54) is 47.7 Å². The predicted octanol–water partition coefficient (Wildman–Crippen LogP) is 3.18. The summed E-state index contributed by atoms with van der Waals surface area (Å²) in [6.07, 6.45) is 6.92. The third-order valence-corrected chi connectivity index (χ3v) is 4.29. The van der Waals surface area contributed by atoms with Gasteiger partial charge in [0.25, 0.3) is 0 Å². The Hall–Kier alpha value is -0.410. The Bertz CT molecular complexity index is 294. The van der Waals surface area contributed by atoms with Gasteiger partial charge in [0.2, 0.25) is 0 Å². The van der Waals surface area contributed by atoms with Crippen LogP contribution in [-0.4, -0.2) is 11.0 Å². The average molecular weight is 224 g/mol. The molecule has 0 unspecified atom stereocenters. The van der Waals surface area contributed by atoms with Crippen LogP contribution >= 0.6 is 11.3 Å². The summed E-state index contributed by atoms with van der Waals surface area (Å²) in [5, 5.41) is 4.87. The highest BCUT2D eigenvalue weighted by atomic mass is 32.1. The average Bonchev–Trinajstić information content (AvgIpc) is 2.57. The molecule has 15 heavy (non-hydrogen) atoms. The maximum atomic E-state index is 4.55. The number of hydrogen-bond acceptors (Lipinski definition) is 3. The van der Waals surface area contributed by atoms with Crippen molar-refractivity contribution >= 4 is 11.3 Å². The van der Waals surface area contributed by atoms with E-state index in [1.54, 1.807) is 0 Å². The number of nitrogens with one attached hydrogen (secondary N) is 1. The van der Waals surface area contributed by atoms with Crippen LogP contribution in [0.3, 0.4) is 0 Å². The van der Waals surface area contributed by atoms with Crippen molar-refractivity contribution in [2.24, 2.45) is 0 Å². The standard InChI is InChI=1S/C12H20N2S/c1-9-10(2)15-12(14-9)8-13-11-6-4-3-5-7-11/h11,13H,3-8H2,1-2H3. The third kappa shape index (κ3) is 3.02. The van der Waals surface area contributed by atoms with Crippen LogP contribution in [-0.2, 0) is 6.54 Å². The van der Waals surface area contributed by atoms with E-state index < -0.39 is 0 Å². The molecule has 0 bridgehead atoms. The summed E-state index contributed by atoms with van der Waals surface area (Å²) < 4.78 is 0. The van der Waals surface area contributed by atoms with Gasteiger partial charge in [-0.25, -0.2) is 4.98 Å². The van der Waals surface area contributed by atoms with Gasteiger partial charge in [0.05, 0.1) is 5.69 Å². The van der Waals surface area contributed by atoms with E-state index in [0.717, 1.165) is 12.6 Å². The molecule has 2 rings (SSSR count). The highest BCUT2D eigenvalue weighted by Crippen LogP contribution is 2.19. The molecular formula is C12H20N2S. The second-order valence-corrected chi connectivity index (χ2v) is 5.75. The van der Waals surface area contributed by atoms with Crippen molar-refractivity contribution in [3.63, 3.8) is 0 Å². The fourth-order valence-corrected chi connectivity index (χ4v) is 3.04. The molecule has 1 aromatic heterocycles. The number of aryl methyl sites for hydroxylation is 2. The normalized spacial score (nSPS) is 18.3. The lowest BCUT2D eigenvalue weighted by atomic mass is 9.96. The minimum atomic E-state index is 0.739. The van der Waals surface area contributed by atoms with Gasteiger partial charge in [-0.2, -0.15) is 0 Å². The van der Waals surface area contributed by atoms with Crippen LogP contribution in [0, 0.1) is 13.8 Å². The second-order valence-electron chi connectivity index (χ2n) is 4.47. The van der Waals surface area contributed by atoms with E-state index >= 15 is 0 Å². The number of aromatic nitrogens is 1. The molecule has 0 atom stereocenters. The summed E-state index contributed by atoms with van der Waals surface area (Å²) in [4.78, 5) is 5.91. The van der Waals surface area contributed by atoms with Crippen molar-refractivity contribution in [3.05, 3.63) is 15.6 Å². The van der Waals surface area contributed by atoms with E-state index in [-0.39, 0.29) is 0 Å². The molecule has 2 nitrogen and oxygen atoms in total. The Labute approximate surface area is 96.1 Å². The molecule has 0 spiro atoms. The van der Waals surface area contributed by atoms with Crippen LogP contribution in [0.25, 0.3) is 0 Å². The molecule has 0 amide bonds. The first-order valence-electron chi connectivity index (χ1n) is 5.92. The highest BCUT2D eigenvalue weighted by Gasteiger charge is 2.13. The van der Waals surface area contributed by atoms with Gasteiger partial charge in [-0.05, 0) is 26.7 Å². The molecule has 1 saturated carbocycles. The van der Waals surface area contributed by atoms with Gasteiger partial charge < -0.3 is 5.32 Å². The van der Waals surface area contributed by atoms with Crippen LogP contribution in [0.4, 0.5) is 0 Å². The molecular weight excluding hydrogens is 204 g/mol. The van der Waals surface area contributed by atoms with Gasteiger partial charge in [0.15, 0.2) is 0 Å². The molecule has 84 valence electrons. The van der Waals surface area contributed by atoms with E-state index in [1.807, 2.05) is 11.3 Å². The lowest BCUT2D eigenvalue weighted by Crippen LogP contribution is -2.30. The predicted molar refractivity (Wildman–Crippen MR) is 65.3 cm³/mol. The first-order chi connectivity index (χ1) is 7.25. The van der Waals surface area contributed by atoms with Gasteiger partial charge >= 0.3 is 0 Å². The van der Waals surface area contributed by atoms with Crippen LogP contribution in [0.2, 0.25) is 0 Å². The molecule has 0 aliphatic heterocycles. The summed E-state index contributed by atoms with van der Waals surface area (Å²) >= 11 is 1.83. The molecule has 1 N–H and O–H groups in total. The Kier molecular flexibility index (Phi) is 3.76. The fraction of sp³-hybridized carbons (Fsp3) is 0.750. The Morgan fingerprint density at radius 2 is 2.00 bits per heavy atom. The molecule has 0 saturated heterocycles. The fourth-order valence-electron chi connectivity index (χ4n) is 2.15. The summed E-state index contributed by atoms with van der Waals surface area (Å²) in [6.45, 7) is 5.21. The number of nitrogens with zero attached hydrogens (tertiary/aromatic N) is 1. The van der Waals surface area contributed by atoms with Gasteiger partial charge in [-0.15, -0.1) is 11.3 Å². The Balaban J connectivity index is 1.81. The van der Waals surface area contributed by atoms with Gasteiger partial charge in [-0.3, -0.25) is 0 Å². The number of rotatable bonds is 3. The van der Waals surface area contributed by atoms with Gasteiger partial charge in [-0.1, -0.05) is 19.3 Å². The van der Waals surface area contributed by atoms with Crippen molar-refractivity contribution in [2.75, 3.05) is 0 Å². The first-order valence-corrected chi connectivity index (χ1v) is 6.73. The van der Waals surface area contributed by atoms with E-state index in [0.29, 0.717) is 0 Å². The van der Waals surface area contributed by atoms with Gasteiger partial charge in [0, 0.05) is 17.5 Å². The zero-order valence-corrected chi connectivity index (χ0v) is 10.5. The summed E-state index contributed by atoms with van der Waals surface area (Å²) in [5.74, 6) is 0. The van der Waals surface area contributed by atoms with Crippen molar-refractivity contribution < 1.29 is 0 Å². The number of hydrogen-bond donors (Lipinski definition) is 1. The van der Waals surface area contributed by atoms with E-state index in [9.17, 15) is 0 Å². The van der Waals surface area contributed by atoms with Crippen LogP contribution in [0.5, 0.6) is 0 Å². The Morgan fingerprint density at radius 1 is 1.27 bits per heavy atom. The summed E-state index contributed by atoms with van der Waals surface area (Å²) in [7, 11) is 0. The molecule has 3 heteroatoms. The largest absolute Gasteiger partial charge is 0.308 e. The minimum absolute atomic E-state index is 0.739. The topological polar surface area (TPSA) is 24.9 Å². The van der Waals surface area contributed by atoms with E-state index in [2.05, 4.69) is 24.1 Å². The maximum Gasteiger partial charge on any atom is 0.107 e. The molecule has 1 fully saturated rings. The van der Waals surface area contributed by atoms with Crippen LogP contribution in [0.15, 0.2) is 0 Å². The highest BCUT2D eigenvalue weighted by molar-refractivity contribution is 7.11. The lowest BCUT2D eigenvalue weighted by Gasteiger charge is -2.22. The SMILES string of the molecule is Cc1nc(CNC2CCCCC2)sc1C. The molecule has 1 aliphatic rings. The monoisotopic (exact) mass is 224 g/mol. The molecule has 0 radical (unpaired) electrons. The van der Waals surface area contributed by atoms with Crippen molar-refractivity contribution in [1.29, 1.82) is 0 Å². The van der Waals surface area contributed by atoms with Crippen molar-refractivity contribution in [2.45, 2.75) is 58.5 Å². The first kappa shape index (κ1) is 11.1. The second kappa shape index (κ2) is 5.08. The Morgan fingerprint density at radius 3 is 2.60 bits per heavy atom.